The van der Waals surface area contributed by atoms with Gasteiger partial charge in [-0.2, -0.15) is 0 Å². The van der Waals surface area contributed by atoms with Crippen molar-refractivity contribution in [2.45, 2.75) is 24.9 Å². The maximum Gasteiger partial charge on any atom is 0.137 e. The molecular weight excluding hydrogens is 271 g/mol. The first-order valence-corrected chi connectivity index (χ1v) is 6.29. The van der Waals surface area contributed by atoms with Crippen molar-refractivity contribution in [2.75, 3.05) is 13.6 Å². The fraction of sp³-hybridized carbons (Fsp3) is 0.500. The third-order valence-electron chi connectivity index (χ3n) is 3.17. The first kappa shape index (κ1) is 12.0. The molecule has 1 aliphatic rings. The highest BCUT2D eigenvalue weighted by atomic mass is 79.9. The predicted octanol–water partition coefficient (Wildman–Crippen LogP) is 2.68. The van der Waals surface area contributed by atoms with Crippen LogP contribution < -0.4 is 5.73 Å². The van der Waals surface area contributed by atoms with Crippen molar-refractivity contribution in [1.29, 1.82) is 0 Å². The molecule has 1 saturated carbocycles. The number of hydrogen-bond donors (Lipinski definition) is 1. The highest BCUT2D eigenvalue weighted by molar-refractivity contribution is 9.10. The molecule has 0 aromatic heterocycles. The van der Waals surface area contributed by atoms with Crippen molar-refractivity contribution < 1.29 is 4.39 Å². The zero-order chi connectivity index (χ0) is 11.7. The standard InChI is InChI=1S/C12H16BrFN2/c1-16(9-3-4-9)12(7-15)8-2-5-10(13)11(14)6-8/h2,5-6,9,12H,3-4,7,15H2,1H3. The monoisotopic (exact) mass is 286 g/mol. The quantitative estimate of drug-likeness (QED) is 0.922. The van der Waals surface area contributed by atoms with Crippen LogP contribution in [0, 0.1) is 5.82 Å². The van der Waals surface area contributed by atoms with Gasteiger partial charge in [-0.05, 0) is 53.5 Å². The summed E-state index contributed by atoms with van der Waals surface area (Å²) in [6.07, 6.45) is 2.46. The van der Waals surface area contributed by atoms with Crippen LogP contribution in [0.2, 0.25) is 0 Å². The van der Waals surface area contributed by atoms with Crippen LogP contribution in [0.5, 0.6) is 0 Å². The van der Waals surface area contributed by atoms with Gasteiger partial charge in [0.25, 0.3) is 0 Å². The van der Waals surface area contributed by atoms with Crippen molar-refractivity contribution in [2.24, 2.45) is 5.73 Å². The smallest absolute Gasteiger partial charge is 0.137 e. The van der Waals surface area contributed by atoms with E-state index in [1.807, 2.05) is 6.07 Å². The van der Waals surface area contributed by atoms with E-state index < -0.39 is 0 Å². The third-order valence-corrected chi connectivity index (χ3v) is 3.81. The maximum atomic E-state index is 13.4. The summed E-state index contributed by atoms with van der Waals surface area (Å²) < 4.78 is 14.0. The summed E-state index contributed by atoms with van der Waals surface area (Å²) in [4.78, 5) is 2.25. The minimum Gasteiger partial charge on any atom is -0.329 e. The fourth-order valence-electron chi connectivity index (χ4n) is 1.99. The van der Waals surface area contributed by atoms with Gasteiger partial charge >= 0.3 is 0 Å². The molecule has 1 atom stereocenters. The average molecular weight is 287 g/mol. The number of hydrogen-bond acceptors (Lipinski definition) is 2. The van der Waals surface area contributed by atoms with Gasteiger partial charge in [0.2, 0.25) is 0 Å². The van der Waals surface area contributed by atoms with Crippen LogP contribution in [0.3, 0.4) is 0 Å². The Balaban J connectivity index is 2.21. The highest BCUT2D eigenvalue weighted by Gasteiger charge is 2.31. The average Bonchev–Trinajstić information content (AvgIpc) is 3.07. The van der Waals surface area contributed by atoms with Crippen molar-refractivity contribution in [3.05, 3.63) is 34.1 Å². The largest absolute Gasteiger partial charge is 0.329 e. The second-order valence-electron chi connectivity index (χ2n) is 4.32. The van der Waals surface area contributed by atoms with Gasteiger partial charge in [0.05, 0.1) is 4.47 Å². The van der Waals surface area contributed by atoms with Crippen molar-refractivity contribution in [1.82, 2.24) is 4.90 Å². The number of benzene rings is 1. The zero-order valence-corrected chi connectivity index (χ0v) is 10.9. The zero-order valence-electron chi connectivity index (χ0n) is 9.29. The Morgan fingerprint density at radius 1 is 1.56 bits per heavy atom. The Morgan fingerprint density at radius 3 is 2.75 bits per heavy atom. The molecule has 0 aliphatic heterocycles. The van der Waals surface area contributed by atoms with Gasteiger partial charge in [0, 0.05) is 18.6 Å². The second-order valence-corrected chi connectivity index (χ2v) is 5.18. The SMILES string of the molecule is CN(C1CC1)C(CN)c1ccc(Br)c(F)c1. The lowest BCUT2D eigenvalue weighted by molar-refractivity contribution is 0.239. The van der Waals surface area contributed by atoms with Gasteiger partial charge in [-0.15, -0.1) is 0 Å². The maximum absolute atomic E-state index is 13.4. The molecule has 88 valence electrons. The van der Waals surface area contributed by atoms with E-state index in [9.17, 15) is 4.39 Å². The Kier molecular flexibility index (Phi) is 3.62. The molecule has 16 heavy (non-hydrogen) atoms. The van der Waals surface area contributed by atoms with Gasteiger partial charge in [0.15, 0.2) is 0 Å². The molecule has 1 aromatic rings. The van der Waals surface area contributed by atoms with Crippen LogP contribution in [-0.2, 0) is 0 Å². The van der Waals surface area contributed by atoms with E-state index in [1.54, 1.807) is 12.1 Å². The first-order chi connectivity index (χ1) is 7.63. The van der Waals surface area contributed by atoms with Crippen LogP contribution in [0.4, 0.5) is 4.39 Å². The highest BCUT2D eigenvalue weighted by Crippen LogP contribution is 2.33. The molecular formula is C12H16BrFN2. The molecule has 1 unspecified atom stereocenters. The molecule has 2 rings (SSSR count). The molecule has 2 N–H and O–H groups in total. The molecule has 1 aliphatic carbocycles. The van der Waals surface area contributed by atoms with E-state index in [1.165, 1.54) is 12.8 Å². The van der Waals surface area contributed by atoms with E-state index >= 15 is 0 Å². The number of halogens is 2. The molecule has 0 saturated heterocycles. The predicted molar refractivity (Wildman–Crippen MR) is 66.7 cm³/mol. The molecule has 2 nitrogen and oxygen atoms in total. The van der Waals surface area contributed by atoms with Gasteiger partial charge in [-0.1, -0.05) is 6.07 Å². The van der Waals surface area contributed by atoms with E-state index in [2.05, 4.69) is 27.9 Å². The summed E-state index contributed by atoms with van der Waals surface area (Å²) >= 11 is 3.16. The lowest BCUT2D eigenvalue weighted by Crippen LogP contribution is -2.32. The van der Waals surface area contributed by atoms with Gasteiger partial charge in [0.1, 0.15) is 5.82 Å². The second kappa shape index (κ2) is 4.82. The number of nitrogens with zero attached hydrogens (tertiary/aromatic N) is 1. The molecule has 0 bridgehead atoms. The van der Waals surface area contributed by atoms with E-state index in [-0.39, 0.29) is 11.9 Å². The summed E-state index contributed by atoms with van der Waals surface area (Å²) in [5, 5.41) is 0. The molecule has 1 aromatic carbocycles. The third kappa shape index (κ3) is 2.44. The molecule has 0 heterocycles. The summed E-state index contributed by atoms with van der Waals surface area (Å²) in [5.41, 5.74) is 6.74. The lowest BCUT2D eigenvalue weighted by atomic mass is 10.1. The summed E-state index contributed by atoms with van der Waals surface area (Å²) in [6, 6.07) is 5.99. The lowest BCUT2D eigenvalue weighted by Gasteiger charge is -2.27. The minimum atomic E-state index is -0.222. The van der Waals surface area contributed by atoms with Crippen molar-refractivity contribution in [3.8, 4) is 0 Å². The summed E-state index contributed by atoms with van der Waals surface area (Å²) in [7, 11) is 2.06. The topological polar surface area (TPSA) is 29.3 Å². The van der Waals surface area contributed by atoms with Crippen LogP contribution in [-0.4, -0.2) is 24.5 Å². The van der Waals surface area contributed by atoms with Crippen LogP contribution in [0.1, 0.15) is 24.4 Å². The first-order valence-electron chi connectivity index (χ1n) is 5.50. The van der Waals surface area contributed by atoms with Gasteiger partial charge in [-0.25, -0.2) is 4.39 Å². The molecule has 0 amide bonds. The fourth-order valence-corrected chi connectivity index (χ4v) is 2.24. The normalized spacial score (nSPS) is 17.8. The van der Waals surface area contributed by atoms with Crippen molar-refractivity contribution >= 4 is 15.9 Å². The van der Waals surface area contributed by atoms with E-state index in [0.29, 0.717) is 17.1 Å². The van der Waals surface area contributed by atoms with Crippen LogP contribution in [0.25, 0.3) is 0 Å². The molecule has 0 radical (unpaired) electrons. The Hall–Kier alpha value is -0.450. The summed E-state index contributed by atoms with van der Waals surface area (Å²) in [6.45, 7) is 0.522. The number of rotatable bonds is 4. The Morgan fingerprint density at radius 2 is 2.25 bits per heavy atom. The van der Waals surface area contributed by atoms with E-state index in [4.69, 9.17) is 5.73 Å². The van der Waals surface area contributed by atoms with Gasteiger partial charge in [-0.3, -0.25) is 4.90 Å². The number of likely N-dealkylation sites (N-methyl/N-ethyl adjacent to an activating group) is 1. The van der Waals surface area contributed by atoms with Crippen LogP contribution in [0.15, 0.2) is 22.7 Å². The molecule has 1 fully saturated rings. The summed E-state index contributed by atoms with van der Waals surface area (Å²) in [5.74, 6) is -0.222. The number of nitrogens with two attached hydrogens (primary N) is 1. The Bertz CT molecular complexity index is 379. The van der Waals surface area contributed by atoms with Crippen LogP contribution >= 0.6 is 15.9 Å². The molecule has 4 heteroatoms. The van der Waals surface area contributed by atoms with Gasteiger partial charge < -0.3 is 5.73 Å². The Labute approximate surface area is 104 Å². The van der Waals surface area contributed by atoms with Crippen molar-refractivity contribution in [3.63, 3.8) is 0 Å². The minimum absolute atomic E-state index is 0.120. The molecule has 0 spiro atoms. The van der Waals surface area contributed by atoms with E-state index in [0.717, 1.165) is 5.56 Å².